The molecule has 5 rings (SSSR count). The van der Waals surface area contributed by atoms with E-state index in [-0.39, 0.29) is 0 Å². The van der Waals surface area contributed by atoms with Gasteiger partial charge in [0, 0.05) is 28.6 Å². The van der Waals surface area contributed by atoms with Crippen molar-refractivity contribution in [1.82, 2.24) is 19.6 Å². The van der Waals surface area contributed by atoms with Gasteiger partial charge in [-0.05, 0) is 47.8 Å². The number of rotatable bonds is 2. The lowest BCUT2D eigenvalue weighted by atomic mass is 9.87. The van der Waals surface area contributed by atoms with Crippen molar-refractivity contribution in [2.24, 2.45) is 0 Å². The molecule has 0 amide bonds. The molecule has 2 N–H and O–H groups in total. The van der Waals surface area contributed by atoms with Crippen molar-refractivity contribution in [2.75, 3.05) is 5.73 Å². The Bertz CT molecular complexity index is 1160. The highest BCUT2D eigenvalue weighted by Crippen LogP contribution is 2.39. The van der Waals surface area contributed by atoms with Crippen LogP contribution in [0.4, 0.5) is 5.82 Å². The van der Waals surface area contributed by atoms with Gasteiger partial charge >= 0.3 is 0 Å². The van der Waals surface area contributed by atoms with Crippen LogP contribution in [0.2, 0.25) is 0 Å². The van der Waals surface area contributed by atoms with E-state index in [0.29, 0.717) is 17.4 Å². The minimum Gasteiger partial charge on any atom is -0.443 e. The molecule has 7 heteroatoms. The van der Waals surface area contributed by atoms with Gasteiger partial charge in [-0.3, -0.25) is 0 Å². The molecule has 0 atom stereocenters. The Morgan fingerprint density at radius 3 is 2.81 bits per heavy atom. The highest BCUT2D eigenvalue weighted by molar-refractivity contribution is 9.10. The zero-order valence-electron chi connectivity index (χ0n) is 15.1. The predicted molar refractivity (Wildman–Crippen MR) is 109 cm³/mol. The summed E-state index contributed by atoms with van der Waals surface area (Å²) in [4.78, 5) is 9.45. The van der Waals surface area contributed by atoms with Crippen LogP contribution in [0.25, 0.3) is 27.9 Å². The molecule has 0 aliphatic heterocycles. The molecule has 1 fully saturated rings. The van der Waals surface area contributed by atoms with Gasteiger partial charge in [-0.25, -0.2) is 9.97 Å². The predicted octanol–water partition coefficient (Wildman–Crippen LogP) is 5.24. The van der Waals surface area contributed by atoms with E-state index in [1.54, 1.807) is 4.52 Å². The first-order valence-corrected chi connectivity index (χ1v) is 10.1. The Morgan fingerprint density at radius 2 is 2.00 bits per heavy atom. The summed E-state index contributed by atoms with van der Waals surface area (Å²) in [5.74, 6) is 1.89. The number of anilines is 1. The first kappa shape index (κ1) is 16.7. The molecule has 0 spiro atoms. The molecule has 4 heterocycles. The Hall–Kier alpha value is -2.41. The SMILES string of the molecule is Cc1cc2cc(-c3cnn4c(N)c(Br)c(C5CCCCC5)nc34)cnc2o1. The fraction of sp³-hybridized carbons (Fsp3) is 0.350. The summed E-state index contributed by atoms with van der Waals surface area (Å²) >= 11 is 3.66. The van der Waals surface area contributed by atoms with Crippen molar-refractivity contribution in [1.29, 1.82) is 0 Å². The summed E-state index contributed by atoms with van der Waals surface area (Å²) in [6.45, 7) is 1.92. The molecule has 138 valence electrons. The van der Waals surface area contributed by atoms with E-state index >= 15 is 0 Å². The summed E-state index contributed by atoms with van der Waals surface area (Å²) in [5, 5.41) is 5.45. The number of nitrogens with two attached hydrogens (primary N) is 1. The maximum Gasteiger partial charge on any atom is 0.226 e. The highest BCUT2D eigenvalue weighted by Gasteiger charge is 2.24. The molecule has 0 bridgehead atoms. The van der Waals surface area contributed by atoms with Gasteiger partial charge in [0.25, 0.3) is 0 Å². The lowest BCUT2D eigenvalue weighted by molar-refractivity contribution is 0.435. The van der Waals surface area contributed by atoms with Crippen LogP contribution in [-0.4, -0.2) is 19.6 Å². The lowest BCUT2D eigenvalue weighted by Crippen LogP contribution is -2.11. The first-order chi connectivity index (χ1) is 13.1. The molecule has 0 unspecified atom stereocenters. The Morgan fingerprint density at radius 1 is 1.19 bits per heavy atom. The largest absolute Gasteiger partial charge is 0.443 e. The van der Waals surface area contributed by atoms with Crippen molar-refractivity contribution in [3.8, 4) is 11.1 Å². The van der Waals surface area contributed by atoms with Crippen molar-refractivity contribution in [2.45, 2.75) is 44.9 Å². The van der Waals surface area contributed by atoms with E-state index in [4.69, 9.17) is 15.1 Å². The van der Waals surface area contributed by atoms with Gasteiger partial charge in [0.15, 0.2) is 5.65 Å². The maximum absolute atomic E-state index is 6.39. The van der Waals surface area contributed by atoms with Gasteiger partial charge in [0.1, 0.15) is 11.6 Å². The standard InChI is InChI=1S/C20H20BrN5O/c1-11-7-13-8-14(9-23-20(13)27-11)15-10-24-26-18(22)16(21)17(25-19(15)26)12-5-3-2-4-6-12/h7-10,12H,2-6,22H2,1H3. The Kier molecular flexibility index (Phi) is 3.93. The number of nitrogen functional groups attached to an aromatic ring is 1. The van der Waals surface area contributed by atoms with E-state index in [2.05, 4.69) is 32.1 Å². The molecule has 1 saturated carbocycles. The second kappa shape index (κ2) is 6.34. The molecular weight excluding hydrogens is 406 g/mol. The second-order valence-corrected chi connectivity index (χ2v) is 8.09. The number of hydrogen-bond donors (Lipinski definition) is 1. The molecule has 4 aromatic rings. The number of fused-ring (bicyclic) bond motifs is 2. The van der Waals surface area contributed by atoms with Gasteiger partial charge in [-0.15, -0.1) is 0 Å². The van der Waals surface area contributed by atoms with Crippen LogP contribution in [0, 0.1) is 6.92 Å². The van der Waals surface area contributed by atoms with Crippen molar-refractivity contribution in [3.63, 3.8) is 0 Å². The van der Waals surface area contributed by atoms with Gasteiger partial charge < -0.3 is 10.2 Å². The minimum atomic E-state index is 0.445. The number of pyridine rings is 1. The van der Waals surface area contributed by atoms with Crippen LogP contribution >= 0.6 is 15.9 Å². The summed E-state index contributed by atoms with van der Waals surface area (Å²) in [6.07, 6.45) is 9.74. The first-order valence-electron chi connectivity index (χ1n) is 9.31. The average molecular weight is 426 g/mol. The summed E-state index contributed by atoms with van der Waals surface area (Å²) in [7, 11) is 0. The third-order valence-corrected chi connectivity index (χ3v) is 6.26. The number of aromatic nitrogens is 4. The van der Waals surface area contributed by atoms with Crippen LogP contribution in [0.3, 0.4) is 0 Å². The van der Waals surface area contributed by atoms with E-state index < -0.39 is 0 Å². The molecular formula is C20H20BrN5O. The van der Waals surface area contributed by atoms with E-state index in [0.717, 1.165) is 50.9 Å². The third kappa shape index (κ3) is 2.72. The van der Waals surface area contributed by atoms with E-state index in [1.807, 2.05) is 25.4 Å². The third-order valence-electron chi connectivity index (χ3n) is 5.45. The van der Waals surface area contributed by atoms with Crippen LogP contribution in [-0.2, 0) is 0 Å². The average Bonchev–Trinajstić information content (AvgIpc) is 3.27. The zero-order chi connectivity index (χ0) is 18.5. The molecule has 27 heavy (non-hydrogen) atoms. The minimum absolute atomic E-state index is 0.445. The number of aryl methyl sites for hydroxylation is 1. The molecule has 6 nitrogen and oxygen atoms in total. The fourth-order valence-electron chi connectivity index (χ4n) is 4.07. The van der Waals surface area contributed by atoms with Crippen molar-refractivity contribution in [3.05, 3.63) is 40.5 Å². The zero-order valence-corrected chi connectivity index (χ0v) is 16.7. The number of furan rings is 1. The number of hydrogen-bond acceptors (Lipinski definition) is 5. The van der Waals surface area contributed by atoms with Gasteiger partial charge in [0.2, 0.25) is 5.71 Å². The fourth-order valence-corrected chi connectivity index (χ4v) is 4.65. The van der Waals surface area contributed by atoms with Gasteiger partial charge in [0.05, 0.1) is 16.4 Å². The van der Waals surface area contributed by atoms with E-state index in [1.165, 1.54) is 19.3 Å². The van der Waals surface area contributed by atoms with Crippen LogP contribution in [0.15, 0.2) is 33.4 Å². The summed E-state index contributed by atoms with van der Waals surface area (Å²) in [6, 6.07) is 4.05. The van der Waals surface area contributed by atoms with Crippen LogP contribution in [0.5, 0.6) is 0 Å². The van der Waals surface area contributed by atoms with E-state index in [9.17, 15) is 0 Å². The van der Waals surface area contributed by atoms with Crippen LogP contribution in [0.1, 0.15) is 49.5 Å². The maximum atomic E-state index is 6.39. The molecule has 1 aliphatic rings. The van der Waals surface area contributed by atoms with Crippen LogP contribution < -0.4 is 5.73 Å². The number of halogens is 1. The topological polar surface area (TPSA) is 82.2 Å². The molecule has 4 aromatic heterocycles. The molecule has 0 aromatic carbocycles. The summed E-state index contributed by atoms with van der Waals surface area (Å²) < 4.78 is 8.16. The highest BCUT2D eigenvalue weighted by atomic mass is 79.9. The normalized spacial score (nSPS) is 15.8. The van der Waals surface area contributed by atoms with Crippen molar-refractivity contribution >= 4 is 38.5 Å². The van der Waals surface area contributed by atoms with Gasteiger partial charge in [-0.2, -0.15) is 9.61 Å². The second-order valence-electron chi connectivity index (χ2n) is 7.30. The Labute approximate surface area is 164 Å². The molecule has 0 radical (unpaired) electrons. The lowest BCUT2D eigenvalue weighted by Gasteiger charge is -2.22. The van der Waals surface area contributed by atoms with Crippen molar-refractivity contribution < 1.29 is 4.42 Å². The molecule has 0 saturated heterocycles. The molecule has 1 aliphatic carbocycles. The van der Waals surface area contributed by atoms with Gasteiger partial charge in [-0.1, -0.05) is 19.3 Å². The number of nitrogens with zero attached hydrogens (tertiary/aromatic N) is 4. The summed E-state index contributed by atoms with van der Waals surface area (Å²) in [5.41, 5.74) is 10.8. The quantitative estimate of drug-likeness (QED) is 0.474. The smallest absolute Gasteiger partial charge is 0.226 e. The Balaban J connectivity index is 1.69. The monoisotopic (exact) mass is 425 g/mol.